The van der Waals surface area contributed by atoms with Crippen LogP contribution in [0.4, 0.5) is 5.82 Å². The van der Waals surface area contributed by atoms with E-state index >= 15 is 0 Å². The van der Waals surface area contributed by atoms with Crippen molar-refractivity contribution in [1.29, 1.82) is 0 Å². The topological polar surface area (TPSA) is 131 Å². The SMILES string of the molecule is COc1cc2cnn(C(=O)Cc3ccccn3)c(=O)c2c(N2CCC(CCP(O)O)CC2)n1. The number of methoxy groups -OCH3 is 1. The van der Waals surface area contributed by atoms with Gasteiger partial charge in [0.15, 0.2) is 8.38 Å². The van der Waals surface area contributed by atoms with Gasteiger partial charge in [-0.3, -0.25) is 14.6 Å². The lowest BCUT2D eigenvalue weighted by Gasteiger charge is -2.33. The highest BCUT2D eigenvalue weighted by Crippen LogP contribution is 2.33. The number of hydrogen-bond donors (Lipinski definition) is 2. The Balaban J connectivity index is 1.65. The summed E-state index contributed by atoms with van der Waals surface area (Å²) in [5.74, 6) is 0.761. The van der Waals surface area contributed by atoms with Crippen LogP contribution in [0, 0.1) is 5.92 Å². The Morgan fingerprint density at radius 3 is 2.73 bits per heavy atom. The molecule has 174 valence electrons. The number of ether oxygens (including phenoxy) is 1. The van der Waals surface area contributed by atoms with Crippen LogP contribution in [0.25, 0.3) is 10.8 Å². The molecule has 33 heavy (non-hydrogen) atoms. The van der Waals surface area contributed by atoms with Crippen molar-refractivity contribution in [1.82, 2.24) is 19.7 Å². The van der Waals surface area contributed by atoms with E-state index in [-0.39, 0.29) is 6.42 Å². The van der Waals surface area contributed by atoms with E-state index in [0.29, 0.717) is 53.3 Å². The van der Waals surface area contributed by atoms with Crippen LogP contribution < -0.4 is 15.2 Å². The van der Waals surface area contributed by atoms with Crippen LogP contribution in [0.2, 0.25) is 0 Å². The molecular weight excluding hydrogens is 445 g/mol. The summed E-state index contributed by atoms with van der Waals surface area (Å²) in [6.45, 7) is 1.33. The van der Waals surface area contributed by atoms with Crippen LogP contribution in [0.5, 0.6) is 5.88 Å². The van der Waals surface area contributed by atoms with E-state index < -0.39 is 19.8 Å². The Morgan fingerprint density at radius 2 is 2.06 bits per heavy atom. The molecule has 0 amide bonds. The molecule has 1 fully saturated rings. The number of nitrogens with zero attached hydrogens (tertiary/aromatic N) is 5. The summed E-state index contributed by atoms with van der Waals surface area (Å²) in [5.41, 5.74) is 0.0350. The molecular formula is C22H26N5O5P. The molecule has 0 radical (unpaired) electrons. The summed E-state index contributed by atoms with van der Waals surface area (Å²) in [5, 5.41) is 4.98. The van der Waals surface area contributed by atoms with E-state index in [1.807, 2.05) is 4.90 Å². The zero-order valence-electron chi connectivity index (χ0n) is 18.3. The Kier molecular flexibility index (Phi) is 7.27. The molecule has 0 atom stereocenters. The molecule has 0 bridgehead atoms. The number of carbonyl (C=O) groups is 1. The number of carbonyl (C=O) groups excluding carboxylic acids is 1. The minimum Gasteiger partial charge on any atom is -0.481 e. The number of aromatic nitrogens is 4. The van der Waals surface area contributed by atoms with Crippen molar-refractivity contribution in [2.45, 2.75) is 25.7 Å². The molecule has 0 spiro atoms. The third-order valence-corrected chi connectivity index (χ3v) is 6.54. The summed E-state index contributed by atoms with van der Waals surface area (Å²) in [4.78, 5) is 55.3. The molecule has 0 saturated carbocycles. The smallest absolute Gasteiger partial charge is 0.285 e. The van der Waals surface area contributed by atoms with E-state index in [2.05, 4.69) is 15.1 Å². The normalized spacial score (nSPS) is 14.7. The van der Waals surface area contributed by atoms with Gasteiger partial charge in [0.2, 0.25) is 5.88 Å². The predicted molar refractivity (Wildman–Crippen MR) is 125 cm³/mol. The van der Waals surface area contributed by atoms with Crippen molar-refractivity contribution < 1.29 is 19.3 Å². The molecule has 2 N–H and O–H groups in total. The second kappa shape index (κ2) is 10.3. The van der Waals surface area contributed by atoms with Gasteiger partial charge in [-0.2, -0.15) is 14.8 Å². The number of piperidine rings is 1. The molecule has 1 aliphatic rings. The molecule has 1 saturated heterocycles. The second-order valence-corrected chi connectivity index (χ2v) is 9.21. The van der Waals surface area contributed by atoms with E-state index in [4.69, 9.17) is 4.74 Å². The molecule has 3 aromatic rings. The third-order valence-electron chi connectivity index (χ3n) is 5.88. The van der Waals surface area contributed by atoms with Gasteiger partial charge in [-0.05, 0) is 37.3 Å². The second-order valence-electron chi connectivity index (χ2n) is 8.02. The molecule has 0 aliphatic carbocycles. The highest BCUT2D eigenvalue weighted by atomic mass is 31.2. The van der Waals surface area contributed by atoms with Gasteiger partial charge < -0.3 is 19.4 Å². The zero-order chi connectivity index (χ0) is 23.4. The van der Waals surface area contributed by atoms with E-state index in [9.17, 15) is 19.4 Å². The van der Waals surface area contributed by atoms with Gasteiger partial charge in [0.1, 0.15) is 5.82 Å². The van der Waals surface area contributed by atoms with Crippen LogP contribution in [0.1, 0.15) is 29.8 Å². The maximum atomic E-state index is 13.4. The maximum absolute atomic E-state index is 13.4. The lowest BCUT2D eigenvalue weighted by molar-refractivity contribution is 0.0891. The van der Waals surface area contributed by atoms with Gasteiger partial charge in [-0.25, -0.2) is 0 Å². The summed E-state index contributed by atoms with van der Waals surface area (Å²) in [7, 11) is -0.362. The number of fused-ring (bicyclic) bond motifs is 1. The predicted octanol–water partition coefficient (Wildman–Crippen LogP) is 1.98. The van der Waals surface area contributed by atoms with Gasteiger partial charge in [0, 0.05) is 42.6 Å². The number of pyridine rings is 2. The zero-order valence-corrected chi connectivity index (χ0v) is 19.2. The largest absolute Gasteiger partial charge is 0.481 e. The molecule has 10 nitrogen and oxygen atoms in total. The fourth-order valence-electron chi connectivity index (χ4n) is 4.10. The number of anilines is 1. The lowest BCUT2D eigenvalue weighted by Crippen LogP contribution is -2.37. The molecule has 11 heteroatoms. The molecule has 1 aliphatic heterocycles. The first-order valence-electron chi connectivity index (χ1n) is 10.8. The summed E-state index contributed by atoms with van der Waals surface area (Å²) >= 11 is 0. The van der Waals surface area contributed by atoms with Crippen molar-refractivity contribution in [3.8, 4) is 5.88 Å². The molecule has 4 rings (SSSR count). The first-order valence-corrected chi connectivity index (χ1v) is 12.2. The lowest BCUT2D eigenvalue weighted by atomic mass is 9.94. The maximum Gasteiger partial charge on any atom is 0.285 e. The highest BCUT2D eigenvalue weighted by Gasteiger charge is 2.25. The Hall–Kier alpha value is -2.94. The van der Waals surface area contributed by atoms with E-state index in [1.54, 1.807) is 30.5 Å². The standard InChI is InChI=1S/C22H26N5O5P/c1-32-18-12-16-14-24-27(19(28)13-17-4-2-3-8-23-17)22(29)20(16)21(25-18)26-9-5-15(6-10-26)7-11-33(30)31/h2-4,8,12,14-15,30-31H,5-7,9-11,13H2,1H3. The van der Waals surface area contributed by atoms with Gasteiger partial charge >= 0.3 is 0 Å². The first kappa shape index (κ1) is 23.2. The van der Waals surface area contributed by atoms with Gasteiger partial charge in [0.05, 0.1) is 25.1 Å². The average molecular weight is 471 g/mol. The highest BCUT2D eigenvalue weighted by molar-refractivity contribution is 7.45. The molecule has 0 unspecified atom stereocenters. The van der Waals surface area contributed by atoms with Crippen molar-refractivity contribution in [3.05, 3.63) is 52.7 Å². The number of hydrogen-bond acceptors (Lipinski definition) is 9. The fraction of sp³-hybridized carbons (Fsp3) is 0.409. The van der Waals surface area contributed by atoms with Gasteiger partial charge in [-0.1, -0.05) is 6.07 Å². The Labute approximate surface area is 191 Å². The van der Waals surface area contributed by atoms with Gasteiger partial charge in [-0.15, -0.1) is 0 Å². The van der Waals surface area contributed by atoms with Gasteiger partial charge in [0.25, 0.3) is 11.5 Å². The minimum atomic E-state index is -1.87. The Bertz CT molecular complexity index is 1180. The molecule has 0 aromatic carbocycles. The molecule has 3 aromatic heterocycles. The van der Waals surface area contributed by atoms with Crippen LogP contribution in [0.15, 0.2) is 41.5 Å². The first-order chi connectivity index (χ1) is 16.0. The summed E-state index contributed by atoms with van der Waals surface area (Å²) < 4.78 is 6.21. The Morgan fingerprint density at radius 1 is 1.27 bits per heavy atom. The van der Waals surface area contributed by atoms with E-state index in [1.165, 1.54) is 13.3 Å². The van der Waals surface area contributed by atoms with Crippen LogP contribution in [-0.4, -0.2) is 61.8 Å². The number of rotatable bonds is 7. The van der Waals surface area contributed by atoms with Crippen LogP contribution in [-0.2, 0) is 6.42 Å². The molecule has 4 heterocycles. The van der Waals surface area contributed by atoms with Crippen molar-refractivity contribution in [3.63, 3.8) is 0 Å². The van der Waals surface area contributed by atoms with E-state index in [0.717, 1.165) is 23.9 Å². The van der Waals surface area contributed by atoms with Crippen molar-refractivity contribution in [2.75, 3.05) is 31.3 Å². The fourth-order valence-corrected chi connectivity index (χ4v) is 4.70. The summed E-state index contributed by atoms with van der Waals surface area (Å²) in [6.07, 6.45) is 5.91. The average Bonchev–Trinajstić information content (AvgIpc) is 2.83. The van der Waals surface area contributed by atoms with Crippen molar-refractivity contribution >= 4 is 30.9 Å². The summed E-state index contributed by atoms with van der Waals surface area (Å²) in [6, 6.07) is 6.91. The monoisotopic (exact) mass is 471 g/mol. The van der Waals surface area contributed by atoms with Crippen molar-refractivity contribution in [2.24, 2.45) is 5.92 Å². The quantitative estimate of drug-likeness (QED) is 0.497. The minimum absolute atomic E-state index is 0.0399. The third kappa shape index (κ3) is 5.35. The van der Waals surface area contributed by atoms with Crippen LogP contribution in [0.3, 0.4) is 0 Å². The van der Waals surface area contributed by atoms with Crippen LogP contribution >= 0.6 is 8.38 Å².